The molecule has 0 atom stereocenters. The van der Waals surface area contributed by atoms with Gasteiger partial charge in [-0.25, -0.2) is 9.78 Å². The zero-order valence-electron chi connectivity index (χ0n) is 16.2. The Labute approximate surface area is 162 Å². The Morgan fingerprint density at radius 3 is 2.46 bits per heavy atom. The van der Waals surface area contributed by atoms with Crippen molar-refractivity contribution in [3.8, 4) is 11.3 Å². The van der Waals surface area contributed by atoms with Gasteiger partial charge in [-0.15, -0.1) is 0 Å². The predicted octanol–water partition coefficient (Wildman–Crippen LogP) is 2.94. The van der Waals surface area contributed by atoms with Gasteiger partial charge in [0.05, 0.1) is 18.4 Å². The zero-order chi connectivity index (χ0) is 20.3. The summed E-state index contributed by atoms with van der Waals surface area (Å²) in [5.74, 6) is 0.269. The molecule has 0 aliphatic carbocycles. The Kier molecular flexibility index (Phi) is 5.30. The summed E-state index contributed by atoms with van der Waals surface area (Å²) in [6, 6.07) is 8.73. The summed E-state index contributed by atoms with van der Waals surface area (Å²) in [4.78, 5) is 32.3. The monoisotopic (exact) mass is 382 g/mol. The molecule has 8 nitrogen and oxygen atoms in total. The molecule has 0 bridgehead atoms. The third kappa shape index (κ3) is 4.64. The second kappa shape index (κ2) is 7.67. The SMILES string of the molecule is COC(=O)c1ccc(-c2cn3ccc(NCC(=O)OC(C)(C)C)nc3n2)cc1. The highest BCUT2D eigenvalue weighted by molar-refractivity contribution is 5.89. The average Bonchev–Trinajstić information content (AvgIpc) is 3.08. The number of benzene rings is 1. The molecule has 0 spiro atoms. The molecule has 2 aromatic heterocycles. The number of aromatic nitrogens is 3. The van der Waals surface area contributed by atoms with E-state index in [4.69, 9.17) is 9.47 Å². The van der Waals surface area contributed by atoms with E-state index in [0.717, 1.165) is 5.56 Å². The number of esters is 2. The first-order valence-electron chi connectivity index (χ1n) is 8.75. The van der Waals surface area contributed by atoms with Crippen molar-refractivity contribution < 1.29 is 19.1 Å². The molecule has 2 heterocycles. The van der Waals surface area contributed by atoms with Crippen molar-refractivity contribution in [2.75, 3.05) is 19.0 Å². The van der Waals surface area contributed by atoms with Crippen LogP contribution in [0.5, 0.6) is 0 Å². The van der Waals surface area contributed by atoms with Crippen molar-refractivity contribution >= 4 is 23.5 Å². The number of nitrogens with one attached hydrogen (secondary N) is 1. The standard InChI is InChI=1S/C20H22N4O4/c1-20(2,3)28-17(25)11-21-16-9-10-24-12-15(22-19(24)23-16)13-5-7-14(8-6-13)18(26)27-4/h5-10,12H,11H2,1-4H3,(H,21,22,23). The smallest absolute Gasteiger partial charge is 0.337 e. The minimum absolute atomic E-state index is 0.0169. The number of methoxy groups -OCH3 is 1. The van der Waals surface area contributed by atoms with Crippen molar-refractivity contribution in [2.24, 2.45) is 0 Å². The van der Waals surface area contributed by atoms with E-state index in [9.17, 15) is 9.59 Å². The van der Waals surface area contributed by atoms with E-state index in [1.807, 2.05) is 27.0 Å². The van der Waals surface area contributed by atoms with Gasteiger partial charge in [-0.1, -0.05) is 12.1 Å². The van der Waals surface area contributed by atoms with E-state index in [2.05, 4.69) is 15.3 Å². The number of ether oxygens (including phenoxy) is 2. The van der Waals surface area contributed by atoms with E-state index in [1.165, 1.54) is 7.11 Å². The molecule has 28 heavy (non-hydrogen) atoms. The summed E-state index contributed by atoms with van der Waals surface area (Å²) in [5, 5.41) is 2.94. The first-order chi connectivity index (χ1) is 13.2. The van der Waals surface area contributed by atoms with Gasteiger partial charge in [0.1, 0.15) is 18.0 Å². The van der Waals surface area contributed by atoms with Gasteiger partial charge in [-0.05, 0) is 39.0 Å². The van der Waals surface area contributed by atoms with Gasteiger partial charge in [-0.2, -0.15) is 4.98 Å². The summed E-state index contributed by atoms with van der Waals surface area (Å²) in [7, 11) is 1.35. The Balaban J connectivity index is 1.74. The van der Waals surface area contributed by atoms with Gasteiger partial charge < -0.3 is 14.8 Å². The summed E-state index contributed by atoms with van der Waals surface area (Å²) in [6.45, 7) is 5.47. The molecule has 8 heteroatoms. The Bertz CT molecular complexity index is 1000. The third-order valence-corrected chi connectivity index (χ3v) is 3.76. The number of imidazole rings is 1. The third-order valence-electron chi connectivity index (χ3n) is 3.76. The highest BCUT2D eigenvalue weighted by Gasteiger charge is 2.16. The van der Waals surface area contributed by atoms with Crippen LogP contribution in [-0.2, 0) is 14.3 Å². The molecule has 146 valence electrons. The maximum Gasteiger partial charge on any atom is 0.337 e. The Hall–Kier alpha value is -3.42. The first-order valence-corrected chi connectivity index (χ1v) is 8.75. The summed E-state index contributed by atoms with van der Waals surface area (Å²) in [6.07, 6.45) is 3.65. The molecule has 3 aromatic rings. The minimum Gasteiger partial charge on any atom is -0.465 e. The molecule has 0 fully saturated rings. The number of fused-ring (bicyclic) bond motifs is 1. The minimum atomic E-state index is -0.530. The molecule has 3 rings (SSSR count). The van der Waals surface area contributed by atoms with Gasteiger partial charge >= 0.3 is 11.9 Å². The van der Waals surface area contributed by atoms with Crippen molar-refractivity contribution in [2.45, 2.75) is 26.4 Å². The topological polar surface area (TPSA) is 94.8 Å². The lowest BCUT2D eigenvalue weighted by Crippen LogP contribution is -2.28. The van der Waals surface area contributed by atoms with Crippen LogP contribution in [-0.4, -0.2) is 45.6 Å². The second-order valence-corrected chi connectivity index (χ2v) is 7.16. The van der Waals surface area contributed by atoms with E-state index in [0.29, 0.717) is 22.9 Å². The van der Waals surface area contributed by atoms with Crippen molar-refractivity contribution in [1.82, 2.24) is 14.4 Å². The molecular weight excluding hydrogens is 360 g/mol. The van der Waals surface area contributed by atoms with Crippen molar-refractivity contribution in [3.05, 3.63) is 48.3 Å². The maximum absolute atomic E-state index is 11.8. The summed E-state index contributed by atoms with van der Waals surface area (Å²) < 4.78 is 11.7. The fourth-order valence-electron chi connectivity index (χ4n) is 2.54. The molecule has 1 N–H and O–H groups in total. The largest absolute Gasteiger partial charge is 0.465 e. The Morgan fingerprint density at radius 2 is 1.82 bits per heavy atom. The van der Waals surface area contributed by atoms with Crippen LogP contribution in [0.15, 0.2) is 42.7 Å². The molecule has 0 aliphatic heterocycles. The van der Waals surface area contributed by atoms with Crippen LogP contribution in [0, 0.1) is 0 Å². The maximum atomic E-state index is 11.8. The van der Waals surface area contributed by atoms with Gasteiger partial charge in [-0.3, -0.25) is 9.20 Å². The lowest BCUT2D eigenvalue weighted by Gasteiger charge is -2.19. The summed E-state index contributed by atoms with van der Waals surface area (Å²) in [5.41, 5.74) is 1.51. The highest BCUT2D eigenvalue weighted by atomic mass is 16.6. The van der Waals surface area contributed by atoms with Gasteiger partial charge in [0.25, 0.3) is 0 Å². The average molecular weight is 382 g/mol. The summed E-state index contributed by atoms with van der Waals surface area (Å²) >= 11 is 0. The predicted molar refractivity (Wildman–Crippen MR) is 104 cm³/mol. The van der Waals surface area contributed by atoms with Crippen LogP contribution in [0.3, 0.4) is 0 Å². The fraction of sp³-hybridized carbons (Fsp3) is 0.300. The number of carbonyl (C=O) groups is 2. The van der Waals surface area contributed by atoms with Gasteiger partial charge in [0.2, 0.25) is 5.78 Å². The van der Waals surface area contributed by atoms with Gasteiger partial charge in [0.15, 0.2) is 0 Å². The van der Waals surface area contributed by atoms with Crippen LogP contribution >= 0.6 is 0 Å². The number of anilines is 1. The van der Waals surface area contributed by atoms with Crippen LogP contribution in [0.4, 0.5) is 5.82 Å². The number of hydrogen-bond acceptors (Lipinski definition) is 7. The Morgan fingerprint density at radius 1 is 1.11 bits per heavy atom. The van der Waals surface area contributed by atoms with Crippen molar-refractivity contribution in [1.29, 1.82) is 0 Å². The molecule has 0 amide bonds. The molecule has 0 radical (unpaired) electrons. The molecule has 0 saturated heterocycles. The number of hydrogen-bond donors (Lipinski definition) is 1. The number of carbonyl (C=O) groups excluding carboxylic acids is 2. The fourth-order valence-corrected chi connectivity index (χ4v) is 2.54. The van der Waals surface area contributed by atoms with Crippen LogP contribution in [0.25, 0.3) is 17.0 Å². The lowest BCUT2D eigenvalue weighted by molar-refractivity contribution is -0.152. The van der Waals surface area contributed by atoms with Crippen LogP contribution < -0.4 is 5.32 Å². The number of rotatable bonds is 5. The molecule has 0 aliphatic rings. The van der Waals surface area contributed by atoms with E-state index in [1.54, 1.807) is 40.9 Å². The van der Waals surface area contributed by atoms with Crippen LogP contribution in [0.1, 0.15) is 31.1 Å². The molecule has 1 aromatic carbocycles. The van der Waals surface area contributed by atoms with E-state index in [-0.39, 0.29) is 18.5 Å². The first kappa shape index (κ1) is 19.3. The van der Waals surface area contributed by atoms with Crippen LogP contribution in [0.2, 0.25) is 0 Å². The van der Waals surface area contributed by atoms with E-state index >= 15 is 0 Å². The number of nitrogens with zero attached hydrogens (tertiary/aromatic N) is 3. The second-order valence-electron chi connectivity index (χ2n) is 7.16. The lowest BCUT2D eigenvalue weighted by atomic mass is 10.1. The quantitative estimate of drug-likeness (QED) is 0.678. The highest BCUT2D eigenvalue weighted by Crippen LogP contribution is 2.20. The zero-order valence-corrected chi connectivity index (χ0v) is 16.2. The van der Waals surface area contributed by atoms with E-state index < -0.39 is 5.60 Å². The molecular formula is C20H22N4O4. The normalized spacial score (nSPS) is 11.3. The molecule has 0 unspecified atom stereocenters. The van der Waals surface area contributed by atoms with Gasteiger partial charge in [0, 0.05) is 18.0 Å². The van der Waals surface area contributed by atoms with Crippen molar-refractivity contribution in [3.63, 3.8) is 0 Å². The molecule has 0 saturated carbocycles.